The number of hydrogen-bond donors (Lipinski definition) is 1. The smallest absolute Gasteiger partial charge is 0.323 e. The molecule has 31 heavy (non-hydrogen) atoms. The van der Waals surface area contributed by atoms with Gasteiger partial charge in [-0.15, -0.1) is 0 Å². The SMILES string of the molecule is O=C(OCc1ccccc1)C(C1CCCCC1)N1CC(CO)C(c2cccc(F)c2)C1. The van der Waals surface area contributed by atoms with Gasteiger partial charge in [-0.1, -0.05) is 61.7 Å². The summed E-state index contributed by atoms with van der Waals surface area (Å²) in [7, 11) is 0. The Kier molecular flexibility index (Phi) is 7.36. The van der Waals surface area contributed by atoms with Crippen LogP contribution in [-0.4, -0.2) is 41.7 Å². The monoisotopic (exact) mass is 425 g/mol. The number of ether oxygens (including phenoxy) is 1. The zero-order chi connectivity index (χ0) is 21.6. The van der Waals surface area contributed by atoms with Crippen molar-refractivity contribution in [1.29, 1.82) is 0 Å². The van der Waals surface area contributed by atoms with E-state index in [4.69, 9.17) is 4.74 Å². The Balaban J connectivity index is 1.52. The molecule has 5 heteroatoms. The Hall–Kier alpha value is -2.24. The van der Waals surface area contributed by atoms with Crippen molar-refractivity contribution < 1.29 is 19.0 Å². The van der Waals surface area contributed by atoms with Crippen molar-refractivity contribution in [3.63, 3.8) is 0 Å². The number of hydrogen-bond acceptors (Lipinski definition) is 4. The molecule has 0 amide bonds. The Morgan fingerprint density at radius 3 is 2.55 bits per heavy atom. The molecule has 1 aliphatic heterocycles. The number of carbonyl (C=O) groups is 1. The van der Waals surface area contributed by atoms with Crippen molar-refractivity contribution >= 4 is 5.97 Å². The highest BCUT2D eigenvalue weighted by Crippen LogP contribution is 2.38. The standard InChI is InChI=1S/C26H32FNO3/c27-23-13-7-12-21(14-23)24-16-28(15-22(24)17-29)25(20-10-5-2-6-11-20)26(30)31-18-19-8-3-1-4-9-19/h1,3-4,7-9,12-14,20,22,24-25,29H,2,5-6,10-11,15-18H2. The summed E-state index contributed by atoms with van der Waals surface area (Å²) in [5.41, 5.74) is 1.87. The lowest BCUT2D eigenvalue weighted by atomic mass is 9.83. The quantitative estimate of drug-likeness (QED) is 0.663. The largest absolute Gasteiger partial charge is 0.460 e. The van der Waals surface area contributed by atoms with E-state index >= 15 is 0 Å². The first-order chi connectivity index (χ1) is 15.2. The number of rotatable bonds is 7. The second-order valence-corrected chi connectivity index (χ2v) is 8.99. The zero-order valence-electron chi connectivity index (χ0n) is 18.0. The van der Waals surface area contributed by atoms with Gasteiger partial charge in [0.25, 0.3) is 0 Å². The van der Waals surface area contributed by atoms with Crippen LogP contribution in [0.15, 0.2) is 54.6 Å². The molecule has 0 aromatic heterocycles. The van der Waals surface area contributed by atoms with Crippen LogP contribution in [0.5, 0.6) is 0 Å². The number of halogens is 1. The van der Waals surface area contributed by atoms with E-state index in [0.29, 0.717) is 13.1 Å². The lowest BCUT2D eigenvalue weighted by Gasteiger charge is -2.35. The molecule has 2 fully saturated rings. The molecule has 3 atom stereocenters. The van der Waals surface area contributed by atoms with Gasteiger partial charge in [0.15, 0.2) is 0 Å². The van der Waals surface area contributed by atoms with E-state index in [2.05, 4.69) is 4.90 Å². The van der Waals surface area contributed by atoms with Gasteiger partial charge in [0.2, 0.25) is 0 Å². The molecule has 2 aliphatic rings. The fourth-order valence-electron chi connectivity index (χ4n) is 5.34. The van der Waals surface area contributed by atoms with Crippen LogP contribution in [0.25, 0.3) is 0 Å². The number of aliphatic hydroxyl groups excluding tert-OH is 1. The molecule has 4 rings (SSSR count). The Labute approximate surface area is 184 Å². The molecular formula is C26H32FNO3. The summed E-state index contributed by atoms with van der Waals surface area (Å²) in [6, 6.07) is 16.1. The van der Waals surface area contributed by atoms with Crippen molar-refractivity contribution in [2.24, 2.45) is 11.8 Å². The third-order valence-electron chi connectivity index (χ3n) is 6.94. The van der Waals surface area contributed by atoms with Crippen LogP contribution in [-0.2, 0) is 16.1 Å². The maximum atomic E-state index is 13.8. The summed E-state index contributed by atoms with van der Waals surface area (Å²) in [6.45, 7) is 1.55. The zero-order valence-corrected chi connectivity index (χ0v) is 18.0. The molecule has 1 heterocycles. The normalized spacial score (nSPS) is 23.5. The number of esters is 1. The third-order valence-corrected chi connectivity index (χ3v) is 6.94. The van der Waals surface area contributed by atoms with Crippen LogP contribution in [0.4, 0.5) is 4.39 Å². The molecule has 3 unspecified atom stereocenters. The van der Waals surface area contributed by atoms with E-state index in [1.54, 1.807) is 12.1 Å². The number of likely N-dealkylation sites (tertiary alicyclic amines) is 1. The number of carbonyl (C=O) groups excluding carboxylic acids is 1. The molecule has 1 saturated carbocycles. The molecular weight excluding hydrogens is 393 g/mol. The van der Waals surface area contributed by atoms with Crippen LogP contribution in [0, 0.1) is 17.7 Å². The van der Waals surface area contributed by atoms with Gasteiger partial charge in [0.05, 0.1) is 0 Å². The van der Waals surface area contributed by atoms with Crippen LogP contribution in [0.1, 0.15) is 49.1 Å². The first-order valence-electron chi connectivity index (χ1n) is 11.5. The molecule has 0 spiro atoms. The van der Waals surface area contributed by atoms with E-state index in [0.717, 1.165) is 36.8 Å². The number of benzene rings is 2. The summed E-state index contributed by atoms with van der Waals surface area (Å²) in [4.78, 5) is 15.5. The molecule has 1 N–H and O–H groups in total. The van der Waals surface area contributed by atoms with Crippen molar-refractivity contribution in [3.8, 4) is 0 Å². The van der Waals surface area contributed by atoms with Crippen LogP contribution < -0.4 is 0 Å². The maximum Gasteiger partial charge on any atom is 0.323 e. The van der Waals surface area contributed by atoms with E-state index in [1.165, 1.54) is 12.5 Å². The summed E-state index contributed by atoms with van der Waals surface area (Å²) >= 11 is 0. The minimum absolute atomic E-state index is 0.00807. The fourth-order valence-corrected chi connectivity index (χ4v) is 5.34. The van der Waals surface area contributed by atoms with E-state index in [-0.39, 0.29) is 48.8 Å². The van der Waals surface area contributed by atoms with Gasteiger partial charge in [-0.25, -0.2) is 4.39 Å². The first-order valence-corrected chi connectivity index (χ1v) is 11.5. The maximum absolute atomic E-state index is 13.8. The number of nitrogens with zero attached hydrogens (tertiary/aromatic N) is 1. The van der Waals surface area contributed by atoms with Gasteiger partial charge in [-0.05, 0) is 42.0 Å². The fraction of sp³-hybridized carbons (Fsp3) is 0.500. The average Bonchev–Trinajstić information content (AvgIpc) is 3.23. The predicted octanol–water partition coefficient (Wildman–Crippen LogP) is 4.53. The highest BCUT2D eigenvalue weighted by atomic mass is 19.1. The molecule has 0 bridgehead atoms. The highest BCUT2D eigenvalue weighted by molar-refractivity contribution is 5.76. The van der Waals surface area contributed by atoms with Gasteiger partial charge >= 0.3 is 5.97 Å². The lowest BCUT2D eigenvalue weighted by Crippen LogP contribution is -2.47. The first kappa shape index (κ1) is 22.0. The molecule has 2 aromatic carbocycles. The van der Waals surface area contributed by atoms with Crippen molar-refractivity contribution in [3.05, 3.63) is 71.5 Å². The van der Waals surface area contributed by atoms with Crippen molar-refractivity contribution in [1.82, 2.24) is 4.90 Å². The van der Waals surface area contributed by atoms with Crippen LogP contribution in [0.3, 0.4) is 0 Å². The Morgan fingerprint density at radius 2 is 1.84 bits per heavy atom. The molecule has 2 aromatic rings. The van der Waals surface area contributed by atoms with E-state index < -0.39 is 0 Å². The Morgan fingerprint density at radius 1 is 1.06 bits per heavy atom. The van der Waals surface area contributed by atoms with Crippen LogP contribution in [0.2, 0.25) is 0 Å². The highest BCUT2D eigenvalue weighted by Gasteiger charge is 2.43. The summed E-state index contributed by atoms with van der Waals surface area (Å²) in [5, 5.41) is 10.0. The molecule has 166 valence electrons. The minimum Gasteiger partial charge on any atom is -0.460 e. The summed E-state index contributed by atoms with van der Waals surface area (Å²) in [5.74, 6) is -0.183. The molecule has 1 saturated heterocycles. The second kappa shape index (κ2) is 10.4. The summed E-state index contributed by atoms with van der Waals surface area (Å²) < 4.78 is 19.6. The molecule has 1 aliphatic carbocycles. The minimum atomic E-state index is -0.309. The lowest BCUT2D eigenvalue weighted by molar-refractivity contribution is -0.154. The second-order valence-electron chi connectivity index (χ2n) is 8.99. The topological polar surface area (TPSA) is 49.8 Å². The van der Waals surface area contributed by atoms with E-state index in [1.807, 2.05) is 36.4 Å². The third kappa shape index (κ3) is 5.34. The number of aliphatic hydroxyl groups is 1. The molecule has 4 nitrogen and oxygen atoms in total. The summed E-state index contributed by atoms with van der Waals surface area (Å²) in [6.07, 6.45) is 5.54. The van der Waals surface area contributed by atoms with Crippen LogP contribution >= 0.6 is 0 Å². The Bertz CT molecular complexity index is 853. The van der Waals surface area contributed by atoms with Gasteiger partial charge in [0.1, 0.15) is 18.5 Å². The van der Waals surface area contributed by atoms with Gasteiger partial charge in [-0.3, -0.25) is 9.69 Å². The van der Waals surface area contributed by atoms with E-state index in [9.17, 15) is 14.3 Å². The van der Waals surface area contributed by atoms with Gasteiger partial charge in [0, 0.05) is 31.5 Å². The average molecular weight is 426 g/mol. The molecule has 0 radical (unpaired) electrons. The van der Waals surface area contributed by atoms with Crippen molar-refractivity contribution in [2.75, 3.05) is 19.7 Å². The van der Waals surface area contributed by atoms with Gasteiger partial charge in [-0.2, -0.15) is 0 Å². The predicted molar refractivity (Wildman–Crippen MR) is 118 cm³/mol. The van der Waals surface area contributed by atoms with Gasteiger partial charge < -0.3 is 9.84 Å². The van der Waals surface area contributed by atoms with Crippen molar-refractivity contribution in [2.45, 2.75) is 50.7 Å².